The molecule has 0 heterocycles. The van der Waals surface area contributed by atoms with Gasteiger partial charge in [0.15, 0.2) is 0 Å². The fourth-order valence-electron chi connectivity index (χ4n) is 2.20. The summed E-state index contributed by atoms with van der Waals surface area (Å²) in [6.07, 6.45) is 0.805. The minimum atomic E-state index is 0.667. The molecule has 3 aromatic rings. The summed E-state index contributed by atoms with van der Waals surface area (Å²) >= 11 is 0. The number of methoxy groups -OCH3 is 2. The lowest BCUT2D eigenvalue weighted by Gasteiger charge is -2.03. The van der Waals surface area contributed by atoms with Crippen molar-refractivity contribution in [2.24, 2.45) is 0 Å². The lowest BCUT2D eigenvalue weighted by atomic mass is 10.0. The van der Waals surface area contributed by atoms with Crippen LogP contribution in [0.5, 0.6) is 11.5 Å². The second-order valence-electron chi connectivity index (χ2n) is 5.31. The Morgan fingerprint density at radius 1 is 0.731 bits per heavy atom. The Morgan fingerprint density at radius 3 is 1.54 bits per heavy atom. The van der Waals surface area contributed by atoms with Gasteiger partial charge < -0.3 is 9.47 Å². The molecule has 3 rings (SSSR count). The van der Waals surface area contributed by atoms with Crippen LogP contribution in [0.15, 0.2) is 72.8 Å². The molecular weight excluding hydrogens is 326 g/mol. The summed E-state index contributed by atoms with van der Waals surface area (Å²) in [6.45, 7) is 0. The normalized spacial score (nSPS) is 9.27. The maximum absolute atomic E-state index is 10.2. The number of carbonyl (C=O) groups excluding carboxylic acids is 1. The third-order valence-corrected chi connectivity index (χ3v) is 3.69. The molecule has 0 aliphatic carbocycles. The molecule has 0 fully saturated rings. The number of nitrogens with zero attached hydrogens (tertiary/aromatic N) is 1. The lowest BCUT2D eigenvalue weighted by Crippen LogP contribution is -1.83. The highest BCUT2D eigenvalue weighted by Gasteiger charge is 1.98. The molecule has 130 valence electrons. The highest BCUT2D eigenvalue weighted by molar-refractivity contribution is 5.74. The Balaban J connectivity index is 0.000000209. The van der Waals surface area contributed by atoms with Crippen molar-refractivity contribution < 1.29 is 14.3 Å². The smallest absolute Gasteiger partial charge is 0.150 e. The Morgan fingerprint density at radius 2 is 1.15 bits per heavy atom. The van der Waals surface area contributed by atoms with E-state index in [2.05, 4.69) is 6.07 Å². The van der Waals surface area contributed by atoms with Crippen LogP contribution < -0.4 is 9.47 Å². The summed E-state index contributed by atoms with van der Waals surface area (Å²) in [5.74, 6) is 1.61. The minimum absolute atomic E-state index is 0.667. The van der Waals surface area contributed by atoms with E-state index in [-0.39, 0.29) is 0 Å². The molecule has 0 radical (unpaired) electrons. The first-order valence-corrected chi connectivity index (χ1v) is 7.94. The average molecular weight is 345 g/mol. The number of ether oxygens (including phenoxy) is 2. The van der Waals surface area contributed by atoms with E-state index >= 15 is 0 Å². The van der Waals surface area contributed by atoms with Gasteiger partial charge in [0.1, 0.15) is 17.8 Å². The third kappa shape index (κ3) is 5.22. The molecular formula is C22H19NO3. The van der Waals surface area contributed by atoms with Crippen LogP contribution in [-0.4, -0.2) is 20.5 Å². The van der Waals surface area contributed by atoms with E-state index < -0.39 is 0 Å². The predicted octanol–water partition coefficient (Wildman–Crippen LogP) is 4.74. The average Bonchev–Trinajstić information content (AvgIpc) is 2.74. The molecule has 4 nitrogen and oxygen atoms in total. The number of hydrogen-bond acceptors (Lipinski definition) is 4. The molecule has 26 heavy (non-hydrogen) atoms. The number of nitriles is 1. The second-order valence-corrected chi connectivity index (χ2v) is 5.31. The van der Waals surface area contributed by atoms with Gasteiger partial charge in [0, 0.05) is 5.56 Å². The quantitative estimate of drug-likeness (QED) is 0.641. The van der Waals surface area contributed by atoms with Crippen molar-refractivity contribution in [3.05, 3.63) is 83.9 Å². The first kappa shape index (κ1) is 18.8. The zero-order chi connectivity index (χ0) is 18.8. The van der Waals surface area contributed by atoms with Gasteiger partial charge >= 0.3 is 0 Å². The van der Waals surface area contributed by atoms with Crippen molar-refractivity contribution in [1.29, 1.82) is 5.26 Å². The third-order valence-electron chi connectivity index (χ3n) is 3.69. The highest BCUT2D eigenvalue weighted by Crippen LogP contribution is 2.22. The molecule has 0 saturated heterocycles. The summed E-state index contributed by atoms with van der Waals surface area (Å²) in [5.41, 5.74) is 3.56. The van der Waals surface area contributed by atoms with Crippen LogP contribution in [0.4, 0.5) is 0 Å². The fraction of sp³-hybridized carbons (Fsp3) is 0.0909. The Bertz CT molecular complexity index is 861. The molecule has 0 amide bonds. The number of carbonyl (C=O) groups is 1. The molecule has 0 aliphatic heterocycles. The van der Waals surface area contributed by atoms with Gasteiger partial charge in [-0.1, -0.05) is 24.3 Å². The second kappa shape index (κ2) is 9.65. The van der Waals surface area contributed by atoms with E-state index in [0.29, 0.717) is 11.1 Å². The van der Waals surface area contributed by atoms with E-state index in [4.69, 9.17) is 14.7 Å². The highest BCUT2D eigenvalue weighted by atomic mass is 16.5. The maximum atomic E-state index is 10.2. The van der Waals surface area contributed by atoms with Crippen molar-refractivity contribution in [2.75, 3.05) is 14.2 Å². The fourth-order valence-corrected chi connectivity index (χ4v) is 2.20. The van der Waals surface area contributed by atoms with Crippen molar-refractivity contribution in [3.8, 4) is 28.7 Å². The molecule has 0 N–H and O–H groups in total. The van der Waals surface area contributed by atoms with Gasteiger partial charge in [-0.05, 0) is 59.7 Å². The van der Waals surface area contributed by atoms with Gasteiger partial charge in [0.25, 0.3) is 0 Å². The molecule has 0 atom stereocenters. The molecule has 0 unspecified atom stereocenters. The Labute approximate surface area is 153 Å². The number of hydrogen-bond donors (Lipinski definition) is 0. The SMILES string of the molecule is COc1ccc(-c2ccc(C#N)cc2)cc1.COc1ccc(C=O)cc1. The van der Waals surface area contributed by atoms with Gasteiger partial charge in [-0.2, -0.15) is 5.26 Å². The summed E-state index contributed by atoms with van der Waals surface area (Å²) in [6, 6.07) is 24.4. The molecule has 4 heteroatoms. The first-order valence-electron chi connectivity index (χ1n) is 7.94. The maximum Gasteiger partial charge on any atom is 0.150 e. The van der Waals surface area contributed by atoms with Crippen LogP contribution in [0.2, 0.25) is 0 Å². The molecule has 3 aromatic carbocycles. The van der Waals surface area contributed by atoms with Crippen LogP contribution in [0.25, 0.3) is 11.1 Å². The topological polar surface area (TPSA) is 59.3 Å². The molecule has 0 bridgehead atoms. The number of benzene rings is 3. The van der Waals surface area contributed by atoms with E-state index in [0.717, 1.165) is 28.9 Å². The Hall–Kier alpha value is -3.58. The van der Waals surface area contributed by atoms with E-state index in [1.807, 2.05) is 48.5 Å². The zero-order valence-corrected chi connectivity index (χ0v) is 14.7. The number of aldehydes is 1. The summed E-state index contributed by atoms with van der Waals surface area (Å²) in [4.78, 5) is 10.2. The van der Waals surface area contributed by atoms with Gasteiger partial charge in [-0.25, -0.2) is 0 Å². The Kier molecular flexibility index (Phi) is 6.96. The predicted molar refractivity (Wildman–Crippen MR) is 102 cm³/mol. The van der Waals surface area contributed by atoms with Crippen LogP contribution >= 0.6 is 0 Å². The molecule has 0 aromatic heterocycles. The van der Waals surface area contributed by atoms with Gasteiger partial charge in [0.2, 0.25) is 0 Å². The molecule has 0 saturated carbocycles. The molecule has 0 aliphatic rings. The van der Waals surface area contributed by atoms with E-state index in [9.17, 15) is 4.79 Å². The van der Waals surface area contributed by atoms with Gasteiger partial charge in [-0.3, -0.25) is 4.79 Å². The standard InChI is InChI=1S/C14H11NO.C8H8O2/c1-16-14-8-6-13(7-9-14)12-4-2-11(10-15)3-5-12;1-10-8-4-2-7(6-9)3-5-8/h2-9H,1H3;2-6H,1H3. The van der Waals surface area contributed by atoms with Crippen molar-refractivity contribution in [2.45, 2.75) is 0 Å². The van der Waals surface area contributed by atoms with E-state index in [1.165, 1.54) is 0 Å². The molecule has 0 spiro atoms. The van der Waals surface area contributed by atoms with Crippen molar-refractivity contribution >= 4 is 6.29 Å². The lowest BCUT2D eigenvalue weighted by molar-refractivity contribution is 0.112. The monoisotopic (exact) mass is 345 g/mol. The van der Waals surface area contributed by atoms with Crippen LogP contribution in [0, 0.1) is 11.3 Å². The summed E-state index contributed by atoms with van der Waals surface area (Å²) in [7, 11) is 3.24. The first-order chi connectivity index (χ1) is 12.7. The summed E-state index contributed by atoms with van der Waals surface area (Å²) < 4.78 is 10.00. The van der Waals surface area contributed by atoms with Crippen LogP contribution in [0.3, 0.4) is 0 Å². The van der Waals surface area contributed by atoms with Gasteiger partial charge in [0.05, 0.1) is 25.9 Å². The number of rotatable bonds is 4. The van der Waals surface area contributed by atoms with Gasteiger partial charge in [-0.15, -0.1) is 0 Å². The minimum Gasteiger partial charge on any atom is -0.497 e. The largest absolute Gasteiger partial charge is 0.497 e. The zero-order valence-electron chi connectivity index (χ0n) is 14.7. The van der Waals surface area contributed by atoms with Crippen molar-refractivity contribution in [1.82, 2.24) is 0 Å². The van der Waals surface area contributed by atoms with Crippen LogP contribution in [0.1, 0.15) is 15.9 Å². The van der Waals surface area contributed by atoms with Crippen molar-refractivity contribution in [3.63, 3.8) is 0 Å². The summed E-state index contributed by atoms with van der Waals surface area (Å²) in [5, 5.41) is 8.70. The van der Waals surface area contributed by atoms with Crippen LogP contribution in [-0.2, 0) is 0 Å². The van der Waals surface area contributed by atoms with E-state index in [1.54, 1.807) is 38.5 Å².